The van der Waals surface area contributed by atoms with Crippen LogP contribution in [0.2, 0.25) is 0 Å². The Hall–Kier alpha value is -1.05. The van der Waals surface area contributed by atoms with Crippen molar-refractivity contribution < 1.29 is 9.53 Å². The molecule has 0 aromatic rings. The summed E-state index contributed by atoms with van der Waals surface area (Å²) in [5.74, 6) is 0.927. The van der Waals surface area contributed by atoms with E-state index >= 15 is 0 Å². The Morgan fingerprint density at radius 2 is 1.16 bits per heavy atom. The average molecular weight is 433 g/mol. The maximum absolute atomic E-state index is 11.5. The van der Waals surface area contributed by atoms with Gasteiger partial charge in [0.25, 0.3) is 0 Å². The van der Waals surface area contributed by atoms with E-state index < -0.39 is 0 Å². The quantitative estimate of drug-likeness (QED) is 0.133. The Labute approximate surface area is 194 Å². The lowest BCUT2D eigenvalue weighted by Crippen LogP contribution is -2.18. The topological polar surface area (TPSA) is 26.3 Å². The van der Waals surface area contributed by atoms with Crippen molar-refractivity contribution >= 4 is 5.78 Å². The first-order valence-corrected chi connectivity index (χ1v) is 13.8. The number of rotatable bonds is 21. The van der Waals surface area contributed by atoms with E-state index in [0.717, 1.165) is 12.2 Å². The van der Waals surface area contributed by atoms with Crippen molar-refractivity contribution in [2.75, 3.05) is 0 Å². The molecule has 1 atom stereocenters. The molecule has 0 fully saturated rings. The Balaban J connectivity index is 1.73. The van der Waals surface area contributed by atoms with Crippen LogP contribution in [0.5, 0.6) is 0 Å². The molecule has 31 heavy (non-hydrogen) atoms. The standard InChI is InChI=1S/C29H52O2/c1-3-4-5-6-7-8-9-10-11-12-13-14-15-16-17-18-19-20-21-22-23-24-29-26-28(30)25-27(2)31-29/h23-25,29H,3-22,26H2,1-2H3/b24-23+. The molecule has 0 saturated carbocycles. The van der Waals surface area contributed by atoms with Gasteiger partial charge >= 0.3 is 0 Å². The van der Waals surface area contributed by atoms with E-state index in [4.69, 9.17) is 4.74 Å². The van der Waals surface area contributed by atoms with E-state index in [-0.39, 0.29) is 11.9 Å². The van der Waals surface area contributed by atoms with Gasteiger partial charge in [-0.2, -0.15) is 0 Å². The van der Waals surface area contributed by atoms with Crippen molar-refractivity contribution in [3.05, 3.63) is 24.0 Å². The van der Waals surface area contributed by atoms with Crippen molar-refractivity contribution in [2.45, 2.75) is 155 Å². The van der Waals surface area contributed by atoms with Crippen LogP contribution in [-0.2, 0) is 9.53 Å². The predicted octanol–water partition coefficient (Wildman–Crippen LogP) is 9.63. The first-order chi connectivity index (χ1) is 15.2. The molecule has 1 aliphatic heterocycles. The molecular weight excluding hydrogens is 380 g/mol. The van der Waals surface area contributed by atoms with Crippen LogP contribution in [0, 0.1) is 0 Å². The molecule has 1 aliphatic rings. The molecule has 2 nitrogen and oxygen atoms in total. The highest BCUT2D eigenvalue weighted by molar-refractivity contribution is 5.91. The van der Waals surface area contributed by atoms with Gasteiger partial charge in [0.2, 0.25) is 0 Å². The molecule has 0 spiro atoms. The van der Waals surface area contributed by atoms with Crippen molar-refractivity contribution in [1.29, 1.82) is 0 Å². The minimum Gasteiger partial charge on any atom is -0.490 e. The summed E-state index contributed by atoms with van der Waals surface area (Å²) >= 11 is 0. The average Bonchev–Trinajstić information content (AvgIpc) is 2.74. The molecule has 180 valence electrons. The van der Waals surface area contributed by atoms with Crippen LogP contribution in [0.25, 0.3) is 0 Å². The fourth-order valence-corrected chi connectivity index (χ4v) is 4.49. The first-order valence-electron chi connectivity index (χ1n) is 13.8. The van der Waals surface area contributed by atoms with E-state index in [2.05, 4.69) is 19.1 Å². The second-order valence-corrected chi connectivity index (χ2v) is 9.66. The van der Waals surface area contributed by atoms with E-state index in [1.807, 2.05) is 6.92 Å². The normalized spacial score (nSPS) is 16.6. The minimum atomic E-state index is -0.0437. The molecule has 0 N–H and O–H groups in total. The lowest BCUT2D eigenvalue weighted by atomic mass is 10.0. The molecule has 1 unspecified atom stereocenters. The maximum Gasteiger partial charge on any atom is 0.163 e. The van der Waals surface area contributed by atoms with Gasteiger partial charge in [-0.05, 0) is 25.8 Å². The second-order valence-electron chi connectivity index (χ2n) is 9.66. The van der Waals surface area contributed by atoms with E-state index in [9.17, 15) is 4.79 Å². The molecule has 0 saturated heterocycles. The number of unbranched alkanes of at least 4 members (excludes halogenated alkanes) is 19. The summed E-state index contributed by atoms with van der Waals surface area (Å²) in [6.45, 7) is 4.15. The number of ether oxygens (including phenoxy) is 1. The van der Waals surface area contributed by atoms with Crippen LogP contribution >= 0.6 is 0 Å². The highest BCUT2D eigenvalue weighted by atomic mass is 16.5. The number of carbonyl (C=O) groups is 1. The fourth-order valence-electron chi connectivity index (χ4n) is 4.49. The monoisotopic (exact) mass is 432 g/mol. The van der Waals surface area contributed by atoms with Crippen LogP contribution in [0.1, 0.15) is 149 Å². The highest BCUT2D eigenvalue weighted by Gasteiger charge is 2.16. The third-order valence-electron chi connectivity index (χ3n) is 6.43. The zero-order valence-corrected chi connectivity index (χ0v) is 21.0. The zero-order chi connectivity index (χ0) is 22.4. The van der Waals surface area contributed by atoms with Crippen LogP contribution in [0.4, 0.5) is 0 Å². The summed E-state index contributed by atoms with van der Waals surface area (Å²) < 4.78 is 5.65. The summed E-state index contributed by atoms with van der Waals surface area (Å²) in [7, 11) is 0. The second kappa shape index (κ2) is 20.8. The largest absolute Gasteiger partial charge is 0.490 e. The van der Waals surface area contributed by atoms with Crippen molar-refractivity contribution in [1.82, 2.24) is 0 Å². The van der Waals surface area contributed by atoms with Crippen molar-refractivity contribution in [3.63, 3.8) is 0 Å². The van der Waals surface area contributed by atoms with Crippen LogP contribution < -0.4 is 0 Å². The molecular formula is C29H52O2. The Morgan fingerprint density at radius 1 is 0.742 bits per heavy atom. The molecule has 0 aromatic carbocycles. The lowest BCUT2D eigenvalue weighted by Gasteiger charge is -2.19. The van der Waals surface area contributed by atoms with Crippen LogP contribution in [-0.4, -0.2) is 11.9 Å². The fraction of sp³-hybridized carbons (Fsp3) is 0.828. The molecule has 1 heterocycles. The van der Waals surface area contributed by atoms with Gasteiger partial charge in [0.1, 0.15) is 6.10 Å². The number of hydrogen-bond donors (Lipinski definition) is 0. The summed E-state index contributed by atoms with van der Waals surface area (Å²) in [6, 6.07) is 0. The van der Waals surface area contributed by atoms with Gasteiger partial charge < -0.3 is 4.74 Å². The summed E-state index contributed by atoms with van der Waals surface area (Å²) in [5.41, 5.74) is 0. The Kier molecular flexibility index (Phi) is 18.8. The maximum atomic E-state index is 11.5. The molecule has 1 rings (SSSR count). The van der Waals surface area contributed by atoms with Crippen LogP contribution in [0.3, 0.4) is 0 Å². The van der Waals surface area contributed by atoms with Crippen molar-refractivity contribution in [2.24, 2.45) is 0 Å². The number of ketones is 1. The molecule has 0 aliphatic carbocycles. The zero-order valence-electron chi connectivity index (χ0n) is 21.0. The number of carbonyl (C=O) groups excluding carboxylic acids is 1. The summed E-state index contributed by atoms with van der Waals surface area (Å²) in [4.78, 5) is 11.5. The minimum absolute atomic E-state index is 0.0437. The Morgan fingerprint density at radius 3 is 1.58 bits per heavy atom. The van der Waals surface area contributed by atoms with Gasteiger partial charge in [-0.1, -0.05) is 129 Å². The predicted molar refractivity (Wildman–Crippen MR) is 135 cm³/mol. The molecule has 0 amide bonds. The van der Waals surface area contributed by atoms with Gasteiger partial charge in [0.05, 0.1) is 12.2 Å². The van der Waals surface area contributed by atoms with Gasteiger partial charge in [-0.15, -0.1) is 0 Å². The first kappa shape index (κ1) is 28.0. The smallest absolute Gasteiger partial charge is 0.163 e. The Bertz CT molecular complexity index is 477. The van der Waals surface area contributed by atoms with Gasteiger partial charge in [-0.3, -0.25) is 4.79 Å². The molecule has 2 heteroatoms. The highest BCUT2D eigenvalue weighted by Crippen LogP contribution is 2.17. The number of hydrogen-bond acceptors (Lipinski definition) is 2. The summed E-state index contributed by atoms with van der Waals surface area (Å²) in [6.07, 6.45) is 34.4. The number of allylic oxidation sites excluding steroid dienone is 3. The van der Waals surface area contributed by atoms with Gasteiger partial charge in [0.15, 0.2) is 5.78 Å². The van der Waals surface area contributed by atoms with E-state index in [0.29, 0.717) is 6.42 Å². The van der Waals surface area contributed by atoms with E-state index in [1.54, 1.807) is 6.08 Å². The van der Waals surface area contributed by atoms with E-state index in [1.165, 1.54) is 122 Å². The third-order valence-corrected chi connectivity index (χ3v) is 6.43. The SMILES string of the molecule is CCCCCCCCCCCCCCCCCCCCC/C=C/C1CC(=O)C=C(C)O1. The third kappa shape index (κ3) is 18.2. The van der Waals surface area contributed by atoms with Crippen molar-refractivity contribution in [3.8, 4) is 0 Å². The van der Waals surface area contributed by atoms with Gasteiger partial charge in [0, 0.05) is 6.08 Å². The molecule has 0 bridgehead atoms. The summed E-state index contributed by atoms with van der Waals surface area (Å²) in [5, 5.41) is 0. The molecule has 0 radical (unpaired) electrons. The molecule has 0 aromatic heterocycles. The van der Waals surface area contributed by atoms with Crippen LogP contribution in [0.15, 0.2) is 24.0 Å². The van der Waals surface area contributed by atoms with Gasteiger partial charge in [-0.25, -0.2) is 0 Å². The lowest BCUT2D eigenvalue weighted by molar-refractivity contribution is -0.117.